The number of halogens is 4. The number of fused-ring (bicyclic) bond motifs is 1. The first-order chi connectivity index (χ1) is 8.34. The van der Waals surface area contributed by atoms with E-state index >= 15 is 0 Å². The van der Waals surface area contributed by atoms with Gasteiger partial charge in [-0.25, -0.2) is 9.83 Å². The Hall–Kier alpha value is -1.88. The molecule has 0 saturated heterocycles. The molecule has 0 atom stereocenters. The van der Waals surface area contributed by atoms with Crippen LogP contribution in [0.5, 0.6) is 0 Å². The molecule has 2 aromatic rings. The fraction of sp³-hybridized carbons (Fsp3) is 0.100. The molecule has 2 rings (SSSR count). The smallest absolute Gasteiger partial charge is 0.278 e. The fourth-order valence-corrected chi connectivity index (χ4v) is 1.86. The predicted octanol–water partition coefficient (Wildman–Crippen LogP) is 3.03. The Kier molecular flexibility index (Phi) is 2.86. The van der Waals surface area contributed by atoms with Crippen molar-refractivity contribution in [3.63, 3.8) is 0 Å². The summed E-state index contributed by atoms with van der Waals surface area (Å²) in [5.41, 5.74) is -2.21. The van der Waals surface area contributed by atoms with Gasteiger partial charge in [-0.3, -0.25) is 9.20 Å². The van der Waals surface area contributed by atoms with Crippen LogP contribution < -0.4 is 5.56 Å². The van der Waals surface area contributed by atoms with Crippen LogP contribution in [0.3, 0.4) is 0 Å². The number of aromatic nitrogens is 2. The van der Waals surface area contributed by atoms with Gasteiger partial charge in [0.25, 0.3) is 5.56 Å². The molecule has 0 aliphatic heterocycles. The van der Waals surface area contributed by atoms with Crippen molar-refractivity contribution in [1.29, 1.82) is 0 Å². The lowest BCUT2D eigenvalue weighted by Gasteiger charge is -2.09. The van der Waals surface area contributed by atoms with E-state index in [1.54, 1.807) is 0 Å². The van der Waals surface area contributed by atoms with Crippen LogP contribution >= 0.6 is 15.9 Å². The van der Waals surface area contributed by atoms with E-state index in [0.29, 0.717) is 0 Å². The minimum Gasteiger partial charge on any atom is -0.278 e. The molecule has 2 heterocycles. The van der Waals surface area contributed by atoms with E-state index in [9.17, 15) is 18.0 Å². The Labute approximate surface area is 107 Å². The molecule has 92 valence electrons. The standard InChI is InChI=1S/C10H3BrF3N3O/c1-15-5-2-3-6-16-8(10(12,13)14)7(11)9(18)17(6)4-5/h2-4H. The van der Waals surface area contributed by atoms with E-state index in [1.807, 2.05) is 0 Å². The number of hydrogen-bond donors (Lipinski definition) is 0. The molecule has 2 aromatic heterocycles. The first-order valence-electron chi connectivity index (χ1n) is 4.51. The van der Waals surface area contributed by atoms with Crippen molar-refractivity contribution < 1.29 is 13.2 Å². The van der Waals surface area contributed by atoms with Crippen LogP contribution in [-0.4, -0.2) is 9.38 Å². The molecule has 0 unspecified atom stereocenters. The summed E-state index contributed by atoms with van der Waals surface area (Å²) >= 11 is 2.59. The molecule has 0 aliphatic carbocycles. The van der Waals surface area contributed by atoms with E-state index in [2.05, 4.69) is 25.8 Å². The zero-order valence-corrected chi connectivity index (χ0v) is 10.1. The van der Waals surface area contributed by atoms with Gasteiger partial charge in [0.15, 0.2) is 5.69 Å². The van der Waals surface area contributed by atoms with Crippen molar-refractivity contribution in [3.8, 4) is 0 Å². The molecule has 8 heteroatoms. The minimum absolute atomic E-state index is 0.137. The number of rotatable bonds is 0. The van der Waals surface area contributed by atoms with Gasteiger partial charge in [-0.1, -0.05) is 6.07 Å². The fourth-order valence-electron chi connectivity index (χ4n) is 1.36. The Morgan fingerprint density at radius 3 is 2.61 bits per heavy atom. The summed E-state index contributed by atoms with van der Waals surface area (Å²) in [5, 5.41) is 0. The molecule has 0 radical (unpaired) electrons. The quantitative estimate of drug-likeness (QED) is 0.701. The second kappa shape index (κ2) is 4.10. The molecule has 0 aliphatic rings. The summed E-state index contributed by atoms with van der Waals surface area (Å²) < 4.78 is 38.1. The highest BCUT2D eigenvalue weighted by Gasteiger charge is 2.36. The highest BCUT2D eigenvalue weighted by molar-refractivity contribution is 9.10. The van der Waals surface area contributed by atoms with Crippen LogP contribution in [-0.2, 0) is 6.18 Å². The van der Waals surface area contributed by atoms with Gasteiger partial charge in [-0.05, 0) is 22.0 Å². The van der Waals surface area contributed by atoms with Crippen molar-refractivity contribution >= 4 is 27.3 Å². The third-order valence-electron chi connectivity index (χ3n) is 2.15. The van der Waals surface area contributed by atoms with Crippen LogP contribution in [0.4, 0.5) is 18.9 Å². The normalized spacial score (nSPS) is 11.5. The highest BCUT2D eigenvalue weighted by atomic mass is 79.9. The van der Waals surface area contributed by atoms with Crippen molar-refractivity contribution in [2.45, 2.75) is 6.18 Å². The van der Waals surface area contributed by atoms with Gasteiger partial charge in [0.1, 0.15) is 10.1 Å². The van der Waals surface area contributed by atoms with Gasteiger partial charge in [0.05, 0.1) is 6.57 Å². The van der Waals surface area contributed by atoms with Crippen molar-refractivity contribution in [1.82, 2.24) is 9.38 Å². The lowest BCUT2D eigenvalue weighted by atomic mass is 10.3. The van der Waals surface area contributed by atoms with E-state index in [0.717, 1.165) is 10.6 Å². The van der Waals surface area contributed by atoms with Crippen LogP contribution in [0.25, 0.3) is 10.5 Å². The number of hydrogen-bond acceptors (Lipinski definition) is 2. The van der Waals surface area contributed by atoms with E-state index in [1.165, 1.54) is 12.1 Å². The molecular formula is C10H3BrF3N3O. The predicted molar refractivity (Wildman–Crippen MR) is 60.4 cm³/mol. The second-order valence-corrected chi connectivity index (χ2v) is 4.10. The van der Waals surface area contributed by atoms with Gasteiger partial charge in [-0.2, -0.15) is 13.2 Å². The Morgan fingerprint density at radius 1 is 1.39 bits per heavy atom. The topological polar surface area (TPSA) is 38.7 Å². The maximum absolute atomic E-state index is 12.6. The van der Waals surface area contributed by atoms with Gasteiger partial charge < -0.3 is 0 Å². The van der Waals surface area contributed by atoms with Gasteiger partial charge >= 0.3 is 6.18 Å². The lowest BCUT2D eigenvalue weighted by molar-refractivity contribution is -0.141. The van der Waals surface area contributed by atoms with Crippen LogP contribution in [0.2, 0.25) is 0 Å². The third-order valence-corrected chi connectivity index (χ3v) is 2.86. The lowest BCUT2D eigenvalue weighted by Crippen LogP contribution is -2.22. The van der Waals surface area contributed by atoms with Crippen LogP contribution in [0.15, 0.2) is 27.6 Å². The Morgan fingerprint density at radius 2 is 2.06 bits per heavy atom. The SMILES string of the molecule is [C-]#[N+]c1ccc2nc(C(F)(F)F)c(Br)c(=O)n2c1. The van der Waals surface area contributed by atoms with Gasteiger partial charge in [0.2, 0.25) is 5.69 Å². The highest BCUT2D eigenvalue weighted by Crippen LogP contribution is 2.31. The molecule has 0 fully saturated rings. The first kappa shape index (κ1) is 12.6. The van der Waals surface area contributed by atoms with E-state index in [4.69, 9.17) is 6.57 Å². The monoisotopic (exact) mass is 317 g/mol. The van der Waals surface area contributed by atoms with Gasteiger partial charge in [-0.15, -0.1) is 0 Å². The van der Waals surface area contributed by atoms with Gasteiger partial charge in [0, 0.05) is 6.20 Å². The molecule has 0 saturated carbocycles. The van der Waals surface area contributed by atoms with Crippen molar-refractivity contribution in [2.24, 2.45) is 0 Å². The van der Waals surface area contributed by atoms with E-state index < -0.39 is 21.9 Å². The molecule has 0 bridgehead atoms. The van der Waals surface area contributed by atoms with Crippen molar-refractivity contribution in [3.05, 3.63) is 50.3 Å². The van der Waals surface area contributed by atoms with Crippen molar-refractivity contribution in [2.75, 3.05) is 0 Å². The minimum atomic E-state index is -4.72. The average molecular weight is 318 g/mol. The Balaban J connectivity index is 2.89. The number of alkyl halides is 3. The third kappa shape index (κ3) is 1.97. The number of nitrogens with zero attached hydrogens (tertiary/aromatic N) is 3. The largest absolute Gasteiger partial charge is 0.434 e. The molecule has 0 amide bonds. The zero-order chi connectivity index (χ0) is 13.5. The molecular weight excluding hydrogens is 315 g/mol. The summed E-state index contributed by atoms with van der Waals surface area (Å²) in [5.74, 6) is 0. The summed E-state index contributed by atoms with van der Waals surface area (Å²) in [6.07, 6.45) is -3.58. The summed E-state index contributed by atoms with van der Waals surface area (Å²) in [6.45, 7) is 6.78. The molecule has 0 spiro atoms. The van der Waals surface area contributed by atoms with Crippen LogP contribution in [0.1, 0.15) is 5.69 Å². The molecule has 18 heavy (non-hydrogen) atoms. The zero-order valence-electron chi connectivity index (χ0n) is 8.49. The second-order valence-electron chi connectivity index (χ2n) is 3.30. The maximum Gasteiger partial charge on any atom is 0.434 e. The molecule has 4 nitrogen and oxygen atoms in total. The maximum atomic E-state index is 12.6. The molecule has 0 N–H and O–H groups in total. The Bertz CT molecular complexity index is 730. The summed E-state index contributed by atoms with van der Waals surface area (Å²) in [6, 6.07) is 2.49. The number of pyridine rings is 1. The van der Waals surface area contributed by atoms with Crippen LogP contribution in [0, 0.1) is 6.57 Å². The molecule has 0 aromatic carbocycles. The van der Waals surface area contributed by atoms with E-state index in [-0.39, 0.29) is 11.3 Å². The summed E-state index contributed by atoms with van der Waals surface area (Å²) in [7, 11) is 0. The summed E-state index contributed by atoms with van der Waals surface area (Å²) in [4.78, 5) is 18.2. The first-order valence-corrected chi connectivity index (χ1v) is 5.30. The average Bonchev–Trinajstić information content (AvgIpc) is 2.32.